The summed E-state index contributed by atoms with van der Waals surface area (Å²) in [7, 11) is 0. The van der Waals surface area contributed by atoms with Crippen molar-refractivity contribution in [2.75, 3.05) is 6.54 Å². The fourth-order valence-corrected chi connectivity index (χ4v) is 1.63. The van der Waals surface area contributed by atoms with Crippen molar-refractivity contribution in [3.05, 3.63) is 45.8 Å². The van der Waals surface area contributed by atoms with Gasteiger partial charge < -0.3 is 15.3 Å². The van der Waals surface area contributed by atoms with Gasteiger partial charge in [-0.1, -0.05) is 29.4 Å². The van der Waals surface area contributed by atoms with Gasteiger partial charge >= 0.3 is 5.97 Å². The first-order chi connectivity index (χ1) is 9.04. The van der Waals surface area contributed by atoms with Crippen LogP contribution < -0.4 is 0 Å². The topological polar surface area (TPSA) is 127 Å². The molecule has 0 amide bonds. The van der Waals surface area contributed by atoms with Crippen LogP contribution in [0.4, 0.5) is 0 Å². The molecule has 0 saturated carbocycles. The Morgan fingerprint density at radius 3 is 2.79 bits per heavy atom. The van der Waals surface area contributed by atoms with E-state index in [1.54, 1.807) is 24.3 Å². The second-order valence-corrected chi connectivity index (χ2v) is 4.06. The Morgan fingerprint density at radius 2 is 2.16 bits per heavy atom. The molecule has 2 atom stereocenters. The predicted molar refractivity (Wildman–Crippen MR) is 67.4 cm³/mol. The molecule has 7 nitrogen and oxygen atoms in total. The molecule has 0 aliphatic carbocycles. The van der Waals surface area contributed by atoms with Gasteiger partial charge in [-0.3, -0.25) is 4.79 Å². The van der Waals surface area contributed by atoms with Gasteiger partial charge in [0.2, 0.25) is 0 Å². The monoisotopic (exact) mass is 265 g/mol. The van der Waals surface area contributed by atoms with Gasteiger partial charge in [-0.05, 0) is 23.1 Å². The van der Waals surface area contributed by atoms with Crippen molar-refractivity contribution in [3.8, 4) is 0 Å². The summed E-state index contributed by atoms with van der Waals surface area (Å²) >= 11 is 0. The van der Waals surface area contributed by atoms with Crippen LogP contribution >= 0.6 is 0 Å². The smallest absolute Gasteiger partial charge is 0.303 e. The highest BCUT2D eigenvalue weighted by Crippen LogP contribution is 2.19. The molecule has 0 bridgehead atoms. The molecule has 3 N–H and O–H groups in total. The molecule has 0 fully saturated rings. The van der Waals surface area contributed by atoms with Gasteiger partial charge in [-0.2, -0.15) is 0 Å². The molecular weight excluding hydrogens is 250 g/mol. The number of hydrogen-bond acceptors (Lipinski definition) is 4. The van der Waals surface area contributed by atoms with Crippen LogP contribution in [0.15, 0.2) is 29.4 Å². The predicted octanol–water partition coefficient (Wildman–Crippen LogP) is 1.41. The summed E-state index contributed by atoms with van der Waals surface area (Å²) in [6.45, 7) is -0.225. The molecule has 0 aliphatic heterocycles. The van der Waals surface area contributed by atoms with Crippen LogP contribution in [-0.2, 0) is 11.2 Å². The number of aryl methyl sites for hydroxylation is 1. The first kappa shape index (κ1) is 15.0. The number of rotatable bonds is 7. The Hall–Kier alpha value is -2.08. The number of azide groups is 1. The van der Waals surface area contributed by atoms with Crippen molar-refractivity contribution in [2.24, 2.45) is 5.11 Å². The Bertz CT molecular complexity index is 486. The van der Waals surface area contributed by atoms with E-state index in [9.17, 15) is 15.0 Å². The van der Waals surface area contributed by atoms with Crippen LogP contribution in [0.25, 0.3) is 10.4 Å². The van der Waals surface area contributed by atoms with Crippen LogP contribution in [0.1, 0.15) is 23.7 Å². The Labute approximate surface area is 109 Å². The largest absolute Gasteiger partial charge is 0.481 e. The number of aliphatic hydroxyl groups is 2. The minimum atomic E-state index is -1.19. The molecule has 0 saturated heterocycles. The van der Waals surface area contributed by atoms with E-state index in [4.69, 9.17) is 10.6 Å². The summed E-state index contributed by atoms with van der Waals surface area (Å²) in [6, 6.07) is 6.68. The summed E-state index contributed by atoms with van der Waals surface area (Å²) in [5.74, 6) is -0.894. The molecule has 0 spiro atoms. The molecule has 1 rings (SSSR count). The van der Waals surface area contributed by atoms with E-state index < -0.39 is 18.2 Å². The summed E-state index contributed by atoms with van der Waals surface area (Å²) in [5, 5.41) is 31.3. The zero-order valence-electron chi connectivity index (χ0n) is 10.2. The highest BCUT2D eigenvalue weighted by molar-refractivity contribution is 5.67. The molecule has 0 aromatic heterocycles. The van der Waals surface area contributed by atoms with Gasteiger partial charge in [-0.25, -0.2) is 0 Å². The number of hydrogen-bond donors (Lipinski definition) is 3. The lowest BCUT2D eigenvalue weighted by molar-refractivity contribution is -0.136. The van der Waals surface area contributed by atoms with Crippen LogP contribution in [0.2, 0.25) is 0 Å². The lowest BCUT2D eigenvalue weighted by Crippen LogP contribution is -2.21. The van der Waals surface area contributed by atoms with E-state index in [0.29, 0.717) is 12.0 Å². The van der Waals surface area contributed by atoms with E-state index in [-0.39, 0.29) is 13.0 Å². The summed E-state index contributed by atoms with van der Waals surface area (Å²) in [5.41, 5.74) is 9.36. The number of aliphatic carboxylic acids is 1. The van der Waals surface area contributed by atoms with E-state index in [1.165, 1.54) is 0 Å². The Balaban J connectivity index is 2.74. The molecule has 1 aromatic carbocycles. The van der Waals surface area contributed by atoms with E-state index >= 15 is 0 Å². The first-order valence-electron chi connectivity index (χ1n) is 5.72. The van der Waals surface area contributed by atoms with Crippen molar-refractivity contribution in [2.45, 2.75) is 25.0 Å². The minimum absolute atomic E-state index is 0.000821. The molecule has 0 radical (unpaired) electrons. The molecule has 0 aliphatic rings. The average molecular weight is 265 g/mol. The normalized spacial score (nSPS) is 13.4. The summed E-state index contributed by atoms with van der Waals surface area (Å²) in [4.78, 5) is 13.0. The van der Waals surface area contributed by atoms with Crippen molar-refractivity contribution in [3.63, 3.8) is 0 Å². The maximum atomic E-state index is 10.5. The molecule has 0 heterocycles. The fraction of sp³-hybridized carbons (Fsp3) is 0.417. The number of benzene rings is 1. The molecule has 1 aromatic rings. The Kier molecular flexibility index (Phi) is 5.81. The third-order valence-corrected chi connectivity index (χ3v) is 2.62. The fourth-order valence-electron chi connectivity index (χ4n) is 1.63. The number of nitrogens with zero attached hydrogens (tertiary/aromatic N) is 3. The standard InChI is InChI=1S/C12H15N3O4/c13-15-14-7-10(16)12(19)9-3-1-2-8(6-9)4-5-11(17)18/h1-3,6,10,12,16,19H,4-5,7H2,(H,17,18). The molecule has 7 heteroatoms. The van der Waals surface area contributed by atoms with E-state index in [2.05, 4.69) is 10.0 Å². The van der Waals surface area contributed by atoms with Crippen LogP contribution in [0, 0.1) is 0 Å². The zero-order chi connectivity index (χ0) is 14.3. The average Bonchev–Trinajstić information content (AvgIpc) is 2.42. The van der Waals surface area contributed by atoms with Crippen molar-refractivity contribution < 1.29 is 20.1 Å². The lowest BCUT2D eigenvalue weighted by Gasteiger charge is -2.16. The van der Waals surface area contributed by atoms with Gasteiger partial charge in [0.15, 0.2) is 0 Å². The van der Waals surface area contributed by atoms with Gasteiger partial charge in [0.25, 0.3) is 0 Å². The first-order valence-corrected chi connectivity index (χ1v) is 5.72. The van der Waals surface area contributed by atoms with Crippen LogP contribution in [-0.4, -0.2) is 33.9 Å². The van der Waals surface area contributed by atoms with E-state index in [0.717, 1.165) is 5.56 Å². The highest BCUT2D eigenvalue weighted by Gasteiger charge is 2.17. The van der Waals surface area contributed by atoms with E-state index in [1.807, 2.05) is 0 Å². The third-order valence-electron chi connectivity index (χ3n) is 2.62. The van der Waals surface area contributed by atoms with Crippen molar-refractivity contribution in [1.29, 1.82) is 0 Å². The second-order valence-electron chi connectivity index (χ2n) is 4.06. The molecule has 102 valence electrons. The maximum Gasteiger partial charge on any atom is 0.303 e. The SMILES string of the molecule is [N-]=[N+]=NCC(O)C(O)c1cccc(CCC(=O)O)c1. The van der Waals surface area contributed by atoms with Crippen LogP contribution in [0.3, 0.4) is 0 Å². The lowest BCUT2D eigenvalue weighted by atomic mass is 10.00. The quantitative estimate of drug-likeness (QED) is 0.391. The molecule has 2 unspecified atom stereocenters. The van der Waals surface area contributed by atoms with Gasteiger partial charge in [0.05, 0.1) is 12.6 Å². The third kappa shape index (κ3) is 4.97. The molecule has 19 heavy (non-hydrogen) atoms. The number of carbonyl (C=O) groups is 1. The van der Waals surface area contributed by atoms with Crippen molar-refractivity contribution >= 4 is 5.97 Å². The Morgan fingerprint density at radius 1 is 1.42 bits per heavy atom. The number of carboxylic acids is 1. The molecular formula is C12H15N3O4. The maximum absolute atomic E-state index is 10.5. The number of aliphatic hydroxyl groups excluding tert-OH is 2. The summed E-state index contributed by atoms with van der Waals surface area (Å²) in [6.07, 6.45) is -2.01. The minimum Gasteiger partial charge on any atom is -0.481 e. The number of carboxylic acid groups (broad SMARTS) is 1. The highest BCUT2D eigenvalue weighted by atomic mass is 16.4. The van der Waals surface area contributed by atoms with Crippen LogP contribution in [0.5, 0.6) is 0 Å². The van der Waals surface area contributed by atoms with Crippen molar-refractivity contribution in [1.82, 2.24) is 0 Å². The van der Waals surface area contributed by atoms with Gasteiger partial charge in [0, 0.05) is 11.3 Å². The zero-order valence-corrected chi connectivity index (χ0v) is 10.2. The van der Waals surface area contributed by atoms with Gasteiger partial charge in [-0.15, -0.1) is 0 Å². The summed E-state index contributed by atoms with van der Waals surface area (Å²) < 4.78 is 0. The van der Waals surface area contributed by atoms with Gasteiger partial charge in [0.1, 0.15) is 6.10 Å². The second kappa shape index (κ2) is 7.38.